The first-order valence-electron chi connectivity index (χ1n) is 10.8. The molecule has 0 atom stereocenters. The fourth-order valence-corrected chi connectivity index (χ4v) is 3.98. The van der Waals surface area contributed by atoms with Gasteiger partial charge >= 0.3 is 0 Å². The minimum absolute atomic E-state index is 0.0873. The molecule has 33 heavy (non-hydrogen) atoms. The van der Waals surface area contributed by atoms with E-state index < -0.39 is 5.91 Å². The number of amides is 2. The first kappa shape index (κ1) is 22.6. The number of halogens is 1. The van der Waals surface area contributed by atoms with E-state index in [1.54, 1.807) is 6.07 Å². The van der Waals surface area contributed by atoms with Crippen LogP contribution < -0.4 is 10.1 Å². The number of hydrogen-bond donors (Lipinski definition) is 1. The number of carbonyl (C=O) groups excluding carboxylic acids is 2. The van der Waals surface area contributed by atoms with Gasteiger partial charge in [0.15, 0.2) is 0 Å². The smallest absolute Gasteiger partial charge is 0.278 e. The maximum Gasteiger partial charge on any atom is 0.278 e. The highest BCUT2D eigenvalue weighted by Gasteiger charge is 2.39. The van der Waals surface area contributed by atoms with Crippen molar-refractivity contribution in [2.45, 2.75) is 27.3 Å². The van der Waals surface area contributed by atoms with Crippen LogP contribution in [0.15, 0.2) is 72.4 Å². The van der Waals surface area contributed by atoms with Crippen LogP contribution in [-0.2, 0) is 16.1 Å². The van der Waals surface area contributed by atoms with E-state index in [0.717, 1.165) is 11.1 Å². The van der Waals surface area contributed by atoms with Gasteiger partial charge in [-0.1, -0.05) is 60.1 Å². The standard InChI is InChI=1S/C27H25ClN2O3/c1-4-33-23-12-8-7-11-22(23)29-25-24(19-14-13-17(2)18(3)15-19)26(31)30(27(25)32)16-20-9-5-6-10-21(20)28/h5-15,29H,4,16H2,1-3H3. The Morgan fingerprint density at radius 1 is 0.909 bits per heavy atom. The number of hydrogen-bond acceptors (Lipinski definition) is 4. The van der Waals surface area contributed by atoms with Gasteiger partial charge in [-0.25, -0.2) is 0 Å². The number of imide groups is 1. The zero-order valence-corrected chi connectivity index (χ0v) is 19.6. The van der Waals surface area contributed by atoms with Crippen LogP contribution in [0.2, 0.25) is 5.02 Å². The quantitative estimate of drug-likeness (QED) is 0.456. The summed E-state index contributed by atoms with van der Waals surface area (Å²) in [5.41, 5.74) is 4.73. The lowest BCUT2D eigenvalue weighted by Gasteiger charge is -2.17. The number of benzene rings is 3. The Morgan fingerprint density at radius 2 is 1.64 bits per heavy atom. The van der Waals surface area contributed by atoms with Gasteiger partial charge in [0.2, 0.25) is 0 Å². The van der Waals surface area contributed by atoms with E-state index in [9.17, 15) is 9.59 Å². The number of para-hydroxylation sites is 2. The van der Waals surface area contributed by atoms with Crippen molar-refractivity contribution in [1.29, 1.82) is 0 Å². The molecule has 0 saturated carbocycles. The summed E-state index contributed by atoms with van der Waals surface area (Å²) in [4.78, 5) is 28.3. The fraction of sp³-hybridized carbons (Fsp3) is 0.185. The van der Waals surface area contributed by atoms with Gasteiger partial charge in [-0.2, -0.15) is 0 Å². The van der Waals surface area contributed by atoms with Gasteiger partial charge in [-0.05, 0) is 61.2 Å². The van der Waals surface area contributed by atoms with Crippen LogP contribution in [0.4, 0.5) is 5.69 Å². The second-order valence-electron chi connectivity index (χ2n) is 7.89. The van der Waals surface area contributed by atoms with Crippen molar-refractivity contribution < 1.29 is 14.3 Å². The summed E-state index contributed by atoms with van der Waals surface area (Å²) in [5, 5.41) is 3.71. The second kappa shape index (κ2) is 9.51. The maximum atomic E-state index is 13.6. The summed E-state index contributed by atoms with van der Waals surface area (Å²) in [5.74, 6) is -0.157. The SMILES string of the molecule is CCOc1ccccc1NC1=C(c2ccc(C)c(C)c2)C(=O)N(Cc2ccccc2Cl)C1=O. The minimum atomic E-state index is -0.403. The van der Waals surface area contributed by atoms with Crippen LogP contribution in [0.1, 0.15) is 29.2 Å². The molecule has 1 aliphatic heterocycles. The highest BCUT2D eigenvalue weighted by molar-refractivity contribution is 6.36. The molecular weight excluding hydrogens is 436 g/mol. The number of nitrogens with one attached hydrogen (secondary N) is 1. The predicted octanol–water partition coefficient (Wildman–Crippen LogP) is 5.75. The van der Waals surface area contributed by atoms with Crippen molar-refractivity contribution in [3.63, 3.8) is 0 Å². The molecule has 0 aromatic heterocycles. The van der Waals surface area contributed by atoms with Gasteiger partial charge in [0, 0.05) is 5.02 Å². The van der Waals surface area contributed by atoms with E-state index in [0.29, 0.717) is 39.8 Å². The number of nitrogens with zero attached hydrogens (tertiary/aromatic N) is 1. The van der Waals surface area contributed by atoms with Crippen LogP contribution in [0, 0.1) is 13.8 Å². The van der Waals surface area contributed by atoms with Crippen molar-refractivity contribution in [3.05, 3.63) is 99.7 Å². The predicted molar refractivity (Wildman–Crippen MR) is 131 cm³/mol. The van der Waals surface area contributed by atoms with E-state index in [4.69, 9.17) is 16.3 Å². The molecule has 4 rings (SSSR count). The summed E-state index contributed by atoms with van der Waals surface area (Å²) >= 11 is 6.32. The average Bonchev–Trinajstić information content (AvgIpc) is 3.03. The molecule has 5 nitrogen and oxygen atoms in total. The van der Waals surface area contributed by atoms with E-state index in [1.165, 1.54) is 4.90 Å². The Kier molecular flexibility index (Phi) is 6.52. The third-order valence-electron chi connectivity index (χ3n) is 5.70. The minimum Gasteiger partial charge on any atom is -0.492 e. The molecule has 0 fully saturated rings. The van der Waals surface area contributed by atoms with Gasteiger partial charge in [-0.3, -0.25) is 14.5 Å². The van der Waals surface area contributed by atoms with Gasteiger partial charge in [-0.15, -0.1) is 0 Å². The van der Waals surface area contributed by atoms with Gasteiger partial charge < -0.3 is 10.1 Å². The van der Waals surface area contributed by atoms with Crippen molar-refractivity contribution in [2.75, 3.05) is 11.9 Å². The van der Waals surface area contributed by atoms with Crippen LogP contribution in [-0.4, -0.2) is 23.3 Å². The summed E-state index contributed by atoms with van der Waals surface area (Å²) in [7, 11) is 0. The summed E-state index contributed by atoms with van der Waals surface area (Å²) < 4.78 is 5.71. The number of ether oxygens (including phenoxy) is 1. The third-order valence-corrected chi connectivity index (χ3v) is 6.07. The summed E-state index contributed by atoms with van der Waals surface area (Å²) in [6, 6.07) is 20.3. The highest BCUT2D eigenvalue weighted by atomic mass is 35.5. The molecule has 3 aromatic carbocycles. The zero-order valence-electron chi connectivity index (χ0n) is 18.8. The Balaban J connectivity index is 1.79. The van der Waals surface area contributed by atoms with E-state index in [2.05, 4.69) is 5.32 Å². The highest BCUT2D eigenvalue weighted by Crippen LogP contribution is 2.35. The Bertz CT molecular complexity index is 1270. The molecule has 168 valence electrons. The number of rotatable bonds is 7. The van der Waals surface area contributed by atoms with E-state index in [1.807, 2.05) is 81.4 Å². The van der Waals surface area contributed by atoms with Crippen molar-refractivity contribution in [2.24, 2.45) is 0 Å². The first-order valence-corrected chi connectivity index (χ1v) is 11.2. The van der Waals surface area contributed by atoms with Crippen LogP contribution >= 0.6 is 11.6 Å². The molecule has 0 spiro atoms. The maximum absolute atomic E-state index is 13.6. The molecule has 1 aliphatic rings. The fourth-order valence-electron chi connectivity index (χ4n) is 3.78. The van der Waals surface area contributed by atoms with Crippen molar-refractivity contribution in [1.82, 2.24) is 4.90 Å². The molecule has 3 aromatic rings. The Hall–Kier alpha value is -3.57. The molecule has 2 amide bonds. The number of aryl methyl sites for hydroxylation is 2. The largest absolute Gasteiger partial charge is 0.492 e. The monoisotopic (exact) mass is 460 g/mol. The van der Waals surface area contributed by atoms with E-state index in [-0.39, 0.29) is 18.1 Å². The molecular formula is C27H25ClN2O3. The van der Waals surface area contributed by atoms with Gasteiger partial charge in [0.25, 0.3) is 11.8 Å². The molecule has 1 N–H and O–H groups in total. The third kappa shape index (κ3) is 4.50. The van der Waals surface area contributed by atoms with Crippen molar-refractivity contribution >= 4 is 34.7 Å². The lowest BCUT2D eigenvalue weighted by atomic mass is 9.99. The molecule has 0 radical (unpaired) electrons. The molecule has 0 aliphatic carbocycles. The van der Waals surface area contributed by atoms with Gasteiger partial charge in [0.1, 0.15) is 11.4 Å². The number of anilines is 1. The average molecular weight is 461 g/mol. The Morgan fingerprint density at radius 3 is 2.36 bits per heavy atom. The van der Waals surface area contributed by atoms with Crippen LogP contribution in [0.5, 0.6) is 5.75 Å². The molecule has 0 unspecified atom stereocenters. The summed E-state index contributed by atoms with van der Waals surface area (Å²) in [6.07, 6.45) is 0. The molecule has 6 heteroatoms. The molecule has 0 saturated heterocycles. The lowest BCUT2D eigenvalue weighted by molar-refractivity contribution is -0.137. The normalized spacial score (nSPS) is 13.6. The zero-order chi connectivity index (χ0) is 23.5. The van der Waals surface area contributed by atoms with Crippen molar-refractivity contribution in [3.8, 4) is 5.75 Å². The van der Waals surface area contributed by atoms with E-state index >= 15 is 0 Å². The van der Waals surface area contributed by atoms with Crippen LogP contribution in [0.3, 0.4) is 0 Å². The summed E-state index contributed by atoms with van der Waals surface area (Å²) in [6.45, 7) is 6.46. The van der Waals surface area contributed by atoms with Gasteiger partial charge in [0.05, 0.1) is 24.4 Å². The Labute approximate surface area is 198 Å². The second-order valence-corrected chi connectivity index (χ2v) is 8.30. The first-order chi connectivity index (χ1) is 15.9. The molecule has 1 heterocycles. The molecule has 0 bridgehead atoms. The number of carbonyl (C=O) groups is 2. The van der Waals surface area contributed by atoms with Crippen LogP contribution in [0.25, 0.3) is 5.57 Å². The lowest BCUT2D eigenvalue weighted by Crippen LogP contribution is -2.32. The topological polar surface area (TPSA) is 58.6 Å².